The van der Waals surface area contributed by atoms with Crippen molar-refractivity contribution in [2.45, 2.75) is 50.7 Å². The Balaban J connectivity index is 1.90. The first kappa shape index (κ1) is 13.7. The molecule has 0 radical (unpaired) electrons. The van der Waals surface area contributed by atoms with Crippen LogP contribution in [0.3, 0.4) is 0 Å². The maximum atomic E-state index is 5.56. The molecule has 2 aliphatic rings. The van der Waals surface area contributed by atoms with Crippen LogP contribution < -0.4 is 9.47 Å². The Morgan fingerprint density at radius 1 is 1.05 bits per heavy atom. The van der Waals surface area contributed by atoms with Crippen molar-refractivity contribution in [2.75, 3.05) is 21.3 Å². The van der Waals surface area contributed by atoms with E-state index in [4.69, 9.17) is 9.47 Å². The standard InChI is InChI=1S/C17H26NO2/c1-18(14-5-4-6-15(18)8-7-14)12-13-11-16(19-2)9-10-17(13)20-3/h9-11,14-15H,4-8,12H2,1-3H3/q+1/t14-,15+,18?. The van der Waals surface area contributed by atoms with Crippen LogP contribution in [0.15, 0.2) is 18.2 Å². The summed E-state index contributed by atoms with van der Waals surface area (Å²) in [6.07, 6.45) is 6.98. The first-order valence-electron chi connectivity index (χ1n) is 7.73. The van der Waals surface area contributed by atoms with Gasteiger partial charge in [0.2, 0.25) is 0 Å². The molecular weight excluding hydrogens is 250 g/mol. The monoisotopic (exact) mass is 276 g/mol. The molecule has 3 nitrogen and oxygen atoms in total. The predicted molar refractivity (Wildman–Crippen MR) is 80.1 cm³/mol. The normalized spacial score (nSPS) is 32.1. The van der Waals surface area contributed by atoms with Crippen LogP contribution in [0.5, 0.6) is 11.5 Å². The highest BCUT2D eigenvalue weighted by Gasteiger charge is 2.48. The van der Waals surface area contributed by atoms with Gasteiger partial charge in [0.25, 0.3) is 0 Å². The van der Waals surface area contributed by atoms with E-state index in [1.54, 1.807) is 14.2 Å². The first-order chi connectivity index (χ1) is 9.67. The maximum Gasteiger partial charge on any atom is 0.127 e. The molecule has 1 aromatic carbocycles. The van der Waals surface area contributed by atoms with Gasteiger partial charge < -0.3 is 14.0 Å². The number of hydrogen-bond donors (Lipinski definition) is 0. The van der Waals surface area contributed by atoms with Crippen LogP contribution in [0.4, 0.5) is 0 Å². The molecule has 3 heteroatoms. The number of nitrogens with zero attached hydrogens (tertiary/aromatic N) is 1. The molecule has 1 unspecified atom stereocenters. The fourth-order valence-corrected chi connectivity index (χ4v) is 4.37. The Morgan fingerprint density at radius 2 is 1.75 bits per heavy atom. The summed E-state index contributed by atoms with van der Waals surface area (Å²) in [5, 5.41) is 0. The van der Waals surface area contributed by atoms with Gasteiger partial charge in [0, 0.05) is 12.8 Å². The molecule has 0 amide bonds. The van der Waals surface area contributed by atoms with Gasteiger partial charge in [-0.2, -0.15) is 0 Å². The zero-order chi connectivity index (χ0) is 14.2. The molecule has 2 heterocycles. The number of methoxy groups -OCH3 is 2. The van der Waals surface area contributed by atoms with E-state index < -0.39 is 0 Å². The topological polar surface area (TPSA) is 18.5 Å². The molecule has 0 spiro atoms. The van der Waals surface area contributed by atoms with Crippen molar-refractivity contribution in [3.8, 4) is 11.5 Å². The lowest BCUT2D eigenvalue weighted by Crippen LogP contribution is -2.55. The highest BCUT2D eigenvalue weighted by atomic mass is 16.5. The van der Waals surface area contributed by atoms with Gasteiger partial charge in [-0.05, 0) is 37.5 Å². The summed E-state index contributed by atoms with van der Waals surface area (Å²) < 4.78 is 12.1. The quantitative estimate of drug-likeness (QED) is 0.785. The Hall–Kier alpha value is -1.22. The molecule has 110 valence electrons. The fourth-order valence-electron chi connectivity index (χ4n) is 4.37. The molecule has 2 bridgehead atoms. The minimum absolute atomic E-state index is 0.838. The maximum absolute atomic E-state index is 5.56. The highest BCUT2D eigenvalue weighted by molar-refractivity contribution is 5.39. The lowest BCUT2D eigenvalue weighted by Gasteiger charge is -2.45. The van der Waals surface area contributed by atoms with Crippen molar-refractivity contribution in [2.24, 2.45) is 0 Å². The molecule has 0 aliphatic carbocycles. The summed E-state index contributed by atoms with van der Waals surface area (Å²) in [4.78, 5) is 0. The van der Waals surface area contributed by atoms with Crippen LogP contribution in [-0.2, 0) is 6.54 Å². The Labute approximate surface area is 122 Å². The molecule has 3 atom stereocenters. The van der Waals surface area contributed by atoms with Gasteiger partial charge in [-0.3, -0.25) is 0 Å². The Bertz CT molecular complexity index is 470. The number of rotatable bonds is 4. The second kappa shape index (κ2) is 5.28. The van der Waals surface area contributed by atoms with E-state index in [1.807, 2.05) is 12.1 Å². The van der Waals surface area contributed by atoms with Crippen molar-refractivity contribution in [1.29, 1.82) is 0 Å². The zero-order valence-electron chi connectivity index (χ0n) is 12.9. The van der Waals surface area contributed by atoms with E-state index in [2.05, 4.69) is 13.1 Å². The summed E-state index contributed by atoms with van der Waals surface area (Å²) in [6.45, 7) is 1.07. The van der Waals surface area contributed by atoms with E-state index in [0.717, 1.165) is 30.1 Å². The van der Waals surface area contributed by atoms with Gasteiger partial charge in [-0.1, -0.05) is 0 Å². The van der Waals surface area contributed by atoms with E-state index in [9.17, 15) is 0 Å². The van der Waals surface area contributed by atoms with Crippen LogP contribution in [0.25, 0.3) is 0 Å². The van der Waals surface area contributed by atoms with Crippen LogP contribution >= 0.6 is 0 Å². The van der Waals surface area contributed by atoms with Crippen LogP contribution in [0.1, 0.15) is 37.7 Å². The summed E-state index contributed by atoms with van der Waals surface area (Å²) in [7, 11) is 5.93. The van der Waals surface area contributed by atoms with Crippen molar-refractivity contribution in [3.05, 3.63) is 23.8 Å². The SMILES string of the molecule is COc1ccc(OC)c(C[N+]2(C)[C@@H]3CCC[C@H]2CC3)c1. The van der Waals surface area contributed by atoms with Crippen molar-refractivity contribution < 1.29 is 14.0 Å². The summed E-state index contributed by atoms with van der Waals surface area (Å²) >= 11 is 0. The molecule has 0 N–H and O–H groups in total. The molecule has 0 saturated carbocycles. The van der Waals surface area contributed by atoms with Crippen LogP contribution in [-0.4, -0.2) is 37.8 Å². The third kappa shape index (κ3) is 2.18. The van der Waals surface area contributed by atoms with Crippen molar-refractivity contribution in [1.82, 2.24) is 0 Å². The van der Waals surface area contributed by atoms with Gasteiger partial charge in [0.05, 0.1) is 38.9 Å². The fraction of sp³-hybridized carbons (Fsp3) is 0.647. The number of hydrogen-bond acceptors (Lipinski definition) is 2. The third-order valence-electron chi connectivity index (χ3n) is 5.57. The lowest BCUT2D eigenvalue weighted by molar-refractivity contribution is -0.960. The zero-order valence-corrected chi connectivity index (χ0v) is 12.9. The number of benzene rings is 1. The second-order valence-corrected chi connectivity index (χ2v) is 6.50. The molecule has 0 aromatic heterocycles. The van der Waals surface area contributed by atoms with Gasteiger partial charge in [-0.15, -0.1) is 0 Å². The van der Waals surface area contributed by atoms with Crippen LogP contribution in [0, 0.1) is 0 Å². The molecule has 2 aliphatic heterocycles. The molecule has 3 rings (SSSR count). The predicted octanol–water partition coefficient (Wildman–Crippen LogP) is 3.37. The van der Waals surface area contributed by atoms with Crippen molar-refractivity contribution in [3.63, 3.8) is 0 Å². The Morgan fingerprint density at radius 3 is 2.35 bits per heavy atom. The largest absolute Gasteiger partial charge is 0.497 e. The first-order valence-corrected chi connectivity index (χ1v) is 7.73. The number of piperidine rings is 1. The average molecular weight is 276 g/mol. The molecule has 20 heavy (non-hydrogen) atoms. The third-order valence-corrected chi connectivity index (χ3v) is 5.57. The van der Waals surface area contributed by atoms with Gasteiger partial charge in [0.15, 0.2) is 0 Å². The Kier molecular flexibility index (Phi) is 3.63. The molecular formula is C17H26NO2+. The second-order valence-electron chi connectivity index (χ2n) is 6.50. The molecule has 2 saturated heterocycles. The van der Waals surface area contributed by atoms with E-state index in [-0.39, 0.29) is 0 Å². The van der Waals surface area contributed by atoms with Gasteiger partial charge in [-0.25, -0.2) is 0 Å². The molecule has 2 fully saturated rings. The minimum Gasteiger partial charge on any atom is -0.497 e. The van der Waals surface area contributed by atoms with E-state index in [0.29, 0.717) is 0 Å². The van der Waals surface area contributed by atoms with E-state index in [1.165, 1.54) is 42.2 Å². The number of ether oxygens (including phenoxy) is 2. The van der Waals surface area contributed by atoms with E-state index >= 15 is 0 Å². The highest BCUT2D eigenvalue weighted by Crippen LogP contribution is 2.43. The summed E-state index contributed by atoms with van der Waals surface area (Å²) in [5.74, 6) is 1.92. The lowest BCUT2D eigenvalue weighted by atomic mass is 9.98. The average Bonchev–Trinajstić information content (AvgIpc) is 2.67. The molecule has 1 aromatic rings. The van der Waals surface area contributed by atoms with Gasteiger partial charge >= 0.3 is 0 Å². The van der Waals surface area contributed by atoms with Gasteiger partial charge in [0.1, 0.15) is 18.0 Å². The number of quaternary nitrogens is 1. The van der Waals surface area contributed by atoms with Crippen LogP contribution in [0.2, 0.25) is 0 Å². The summed E-state index contributed by atoms with van der Waals surface area (Å²) in [5.41, 5.74) is 1.29. The van der Waals surface area contributed by atoms with Crippen molar-refractivity contribution >= 4 is 0 Å². The smallest absolute Gasteiger partial charge is 0.127 e. The minimum atomic E-state index is 0.838. The summed E-state index contributed by atoms with van der Waals surface area (Å²) in [6, 6.07) is 7.84. The number of fused-ring (bicyclic) bond motifs is 2.